The fourth-order valence-corrected chi connectivity index (χ4v) is 3.13. The molecule has 0 fully saturated rings. The highest BCUT2D eigenvalue weighted by Crippen LogP contribution is 2.36. The summed E-state index contributed by atoms with van der Waals surface area (Å²) in [7, 11) is 0. The third-order valence-electron chi connectivity index (χ3n) is 3.96. The normalized spacial score (nSPS) is 10.9. The van der Waals surface area contributed by atoms with Gasteiger partial charge in [0.1, 0.15) is 22.7 Å². The lowest BCUT2D eigenvalue weighted by molar-refractivity contribution is -0.384. The molecule has 0 saturated carbocycles. The number of hydrogen-bond donors (Lipinski definition) is 0. The first-order valence-corrected chi connectivity index (χ1v) is 9.37. The Kier molecular flexibility index (Phi) is 5.69. The standard InChI is InChI=1S/C20H16BrNO7/c1-10(2)27-20(24)18-11(3)28-16-9-15(21)17(8-14(16)18)29-19(23)12-5-4-6-13(7-12)22(25)26/h4-10H,1-3H3. The lowest BCUT2D eigenvalue weighted by atomic mass is 10.1. The van der Waals surface area contributed by atoms with Gasteiger partial charge < -0.3 is 13.9 Å². The summed E-state index contributed by atoms with van der Waals surface area (Å²) in [5.74, 6) is -0.817. The third-order valence-corrected chi connectivity index (χ3v) is 4.58. The number of nitrogens with zero attached hydrogens (tertiary/aromatic N) is 1. The number of non-ortho nitro benzene ring substituents is 1. The summed E-state index contributed by atoms with van der Waals surface area (Å²) >= 11 is 3.31. The van der Waals surface area contributed by atoms with Crippen LogP contribution in [0.2, 0.25) is 0 Å². The Balaban J connectivity index is 1.98. The molecule has 0 bridgehead atoms. The van der Waals surface area contributed by atoms with Crippen molar-refractivity contribution in [3.63, 3.8) is 0 Å². The average molecular weight is 462 g/mol. The molecule has 3 aromatic rings. The molecule has 29 heavy (non-hydrogen) atoms. The molecular weight excluding hydrogens is 446 g/mol. The molecule has 0 saturated heterocycles. The smallest absolute Gasteiger partial charge is 0.343 e. The lowest BCUT2D eigenvalue weighted by Gasteiger charge is -2.09. The Morgan fingerprint density at radius 2 is 1.90 bits per heavy atom. The van der Waals surface area contributed by atoms with Gasteiger partial charge in [-0.1, -0.05) is 6.07 Å². The van der Waals surface area contributed by atoms with Crippen molar-refractivity contribution in [2.75, 3.05) is 0 Å². The Hall–Kier alpha value is -3.20. The molecule has 0 aliphatic rings. The maximum absolute atomic E-state index is 12.5. The monoisotopic (exact) mass is 461 g/mol. The minimum atomic E-state index is -0.778. The van der Waals surface area contributed by atoms with Crippen molar-refractivity contribution in [1.82, 2.24) is 0 Å². The van der Waals surface area contributed by atoms with E-state index in [9.17, 15) is 19.7 Å². The first kappa shape index (κ1) is 20.5. The Bertz CT molecular complexity index is 1130. The Morgan fingerprint density at radius 1 is 1.17 bits per heavy atom. The molecule has 9 heteroatoms. The molecule has 0 N–H and O–H groups in total. The summed E-state index contributed by atoms with van der Waals surface area (Å²) in [5.41, 5.74) is 0.459. The van der Waals surface area contributed by atoms with Gasteiger partial charge >= 0.3 is 11.9 Å². The van der Waals surface area contributed by atoms with Crippen molar-refractivity contribution in [3.8, 4) is 5.75 Å². The number of rotatable bonds is 5. The highest BCUT2D eigenvalue weighted by molar-refractivity contribution is 9.10. The van der Waals surface area contributed by atoms with Gasteiger partial charge in [-0.2, -0.15) is 0 Å². The van der Waals surface area contributed by atoms with Gasteiger partial charge in [-0.3, -0.25) is 10.1 Å². The van der Waals surface area contributed by atoms with E-state index in [-0.39, 0.29) is 28.7 Å². The van der Waals surface area contributed by atoms with Crippen molar-refractivity contribution in [2.45, 2.75) is 26.9 Å². The molecule has 0 atom stereocenters. The van der Waals surface area contributed by atoms with E-state index in [1.165, 1.54) is 24.3 Å². The molecule has 1 heterocycles. The van der Waals surface area contributed by atoms with Gasteiger partial charge in [0.05, 0.1) is 21.1 Å². The van der Waals surface area contributed by atoms with Crippen LogP contribution in [0, 0.1) is 17.0 Å². The number of nitro benzene ring substituents is 1. The van der Waals surface area contributed by atoms with Crippen LogP contribution in [-0.4, -0.2) is 23.0 Å². The number of hydrogen-bond acceptors (Lipinski definition) is 7. The first-order valence-electron chi connectivity index (χ1n) is 8.57. The first-order chi connectivity index (χ1) is 13.7. The van der Waals surface area contributed by atoms with Gasteiger partial charge in [-0.05, 0) is 54.9 Å². The van der Waals surface area contributed by atoms with Crippen molar-refractivity contribution < 1.29 is 28.4 Å². The van der Waals surface area contributed by atoms with Gasteiger partial charge in [0, 0.05) is 17.5 Å². The summed E-state index contributed by atoms with van der Waals surface area (Å²) in [6.45, 7) is 5.11. The number of nitro groups is 1. The van der Waals surface area contributed by atoms with Gasteiger partial charge in [0.25, 0.3) is 5.69 Å². The number of carbonyl (C=O) groups is 2. The number of halogens is 1. The van der Waals surface area contributed by atoms with Crippen LogP contribution in [0.25, 0.3) is 11.0 Å². The predicted molar refractivity (Wildman–Crippen MR) is 107 cm³/mol. The highest BCUT2D eigenvalue weighted by Gasteiger charge is 2.23. The largest absolute Gasteiger partial charge is 0.460 e. The van der Waals surface area contributed by atoms with E-state index >= 15 is 0 Å². The third kappa shape index (κ3) is 4.29. The molecule has 0 spiro atoms. The van der Waals surface area contributed by atoms with Crippen LogP contribution < -0.4 is 4.74 Å². The Labute approximate surface area is 173 Å². The lowest BCUT2D eigenvalue weighted by Crippen LogP contribution is -2.12. The minimum absolute atomic E-state index is 0.0222. The van der Waals surface area contributed by atoms with Crippen molar-refractivity contribution in [2.24, 2.45) is 0 Å². The van der Waals surface area contributed by atoms with E-state index in [1.807, 2.05) is 0 Å². The number of carbonyl (C=O) groups excluding carboxylic acids is 2. The van der Waals surface area contributed by atoms with Crippen LogP contribution in [0.15, 0.2) is 45.3 Å². The second kappa shape index (κ2) is 8.04. The fourth-order valence-electron chi connectivity index (χ4n) is 2.73. The molecule has 0 aliphatic carbocycles. The van der Waals surface area contributed by atoms with Crippen molar-refractivity contribution in [3.05, 3.63) is 67.9 Å². The van der Waals surface area contributed by atoms with Crippen LogP contribution in [0.5, 0.6) is 5.75 Å². The summed E-state index contributed by atoms with van der Waals surface area (Å²) in [4.78, 5) is 35.2. The number of fused-ring (bicyclic) bond motifs is 1. The summed E-state index contributed by atoms with van der Waals surface area (Å²) < 4.78 is 16.7. The maximum atomic E-state index is 12.5. The van der Waals surface area contributed by atoms with Gasteiger partial charge in [0.2, 0.25) is 0 Å². The van der Waals surface area contributed by atoms with E-state index in [4.69, 9.17) is 13.9 Å². The van der Waals surface area contributed by atoms with E-state index in [1.54, 1.807) is 26.8 Å². The Morgan fingerprint density at radius 3 is 2.55 bits per heavy atom. The molecule has 0 amide bonds. The van der Waals surface area contributed by atoms with Crippen molar-refractivity contribution >= 4 is 44.5 Å². The topological polar surface area (TPSA) is 109 Å². The molecular formula is C20H16BrNO7. The van der Waals surface area contributed by atoms with Crippen LogP contribution in [0.4, 0.5) is 5.69 Å². The van der Waals surface area contributed by atoms with E-state index in [2.05, 4.69) is 15.9 Å². The highest BCUT2D eigenvalue weighted by atomic mass is 79.9. The zero-order chi connectivity index (χ0) is 21.3. The van der Waals surface area contributed by atoms with Gasteiger partial charge in [-0.25, -0.2) is 9.59 Å². The second-order valence-electron chi connectivity index (χ2n) is 6.46. The molecule has 3 rings (SSSR count). The van der Waals surface area contributed by atoms with Crippen LogP contribution >= 0.6 is 15.9 Å². The average Bonchev–Trinajstić information content (AvgIpc) is 2.96. The molecule has 0 radical (unpaired) electrons. The molecule has 1 aromatic heterocycles. The maximum Gasteiger partial charge on any atom is 0.343 e. The number of ether oxygens (including phenoxy) is 2. The number of benzene rings is 2. The van der Waals surface area contributed by atoms with E-state index in [0.717, 1.165) is 6.07 Å². The van der Waals surface area contributed by atoms with Crippen LogP contribution in [0.1, 0.15) is 40.3 Å². The zero-order valence-electron chi connectivity index (χ0n) is 15.7. The minimum Gasteiger partial charge on any atom is -0.460 e. The zero-order valence-corrected chi connectivity index (χ0v) is 17.3. The van der Waals surface area contributed by atoms with E-state index < -0.39 is 16.9 Å². The molecule has 0 aliphatic heterocycles. The molecule has 8 nitrogen and oxygen atoms in total. The predicted octanol–water partition coefficient (Wildman–Crippen LogP) is 5.20. The summed E-state index contributed by atoms with van der Waals surface area (Å²) in [5, 5.41) is 11.3. The molecule has 2 aromatic carbocycles. The number of esters is 2. The number of furan rings is 1. The quantitative estimate of drug-likeness (QED) is 0.222. The van der Waals surface area contributed by atoms with Crippen LogP contribution in [0.3, 0.4) is 0 Å². The summed E-state index contributed by atoms with van der Waals surface area (Å²) in [6, 6.07) is 8.27. The van der Waals surface area contributed by atoms with Gasteiger partial charge in [-0.15, -0.1) is 0 Å². The fraction of sp³-hybridized carbons (Fsp3) is 0.200. The summed E-state index contributed by atoms with van der Waals surface area (Å²) in [6.07, 6.45) is -0.312. The SMILES string of the molecule is Cc1oc2cc(Br)c(OC(=O)c3cccc([N+](=O)[O-])c3)cc2c1C(=O)OC(C)C. The van der Waals surface area contributed by atoms with Gasteiger partial charge in [0.15, 0.2) is 0 Å². The number of aryl methyl sites for hydroxylation is 1. The second-order valence-corrected chi connectivity index (χ2v) is 7.32. The van der Waals surface area contributed by atoms with Crippen LogP contribution in [-0.2, 0) is 4.74 Å². The van der Waals surface area contributed by atoms with E-state index in [0.29, 0.717) is 21.2 Å². The van der Waals surface area contributed by atoms with Crippen molar-refractivity contribution in [1.29, 1.82) is 0 Å². The molecule has 150 valence electrons. The molecule has 0 unspecified atom stereocenters.